The van der Waals surface area contributed by atoms with E-state index in [9.17, 15) is 18.3 Å². The number of sulfone groups is 1. The molecule has 0 aliphatic heterocycles. The molecule has 0 atom stereocenters. The number of hydrogen-bond donors (Lipinski definition) is 1. The Balaban J connectivity index is 2.32. The zero-order valence-electron chi connectivity index (χ0n) is 12.1. The van der Waals surface area contributed by atoms with Crippen molar-refractivity contribution in [3.05, 3.63) is 35.9 Å². The zero-order chi connectivity index (χ0) is 15.5. The molecule has 1 aliphatic rings. The van der Waals surface area contributed by atoms with E-state index in [1.165, 1.54) is 12.1 Å². The first-order valence-corrected chi connectivity index (χ1v) is 8.87. The van der Waals surface area contributed by atoms with Crippen molar-refractivity contribution in [2.45, 2.75) is 37.5 Å². The van der Waals surface area contributed by atoms with E-state index in [0.717, 1.165) is 25.7 Å². The molecule has 5 heteroatoms. The van der Waals surface area contributed by atoms with Crippen molar-refractivity contribution < 1.29 is 18.3 Å². The van der Waals surface area contributed by atoms with Crippen molar-refractivity contribution in [1.29, 1.82) is 0 Å². The summed E-state index contributed by atoms with van der Waals surface area (Å²) in [6.45, 7) is 1.59. The van der Waals surface area contributed by atoms with E-state index in [1.807, 2.05) is 6.08 Å². The van der Waals surface area contributed by atoms with Crippen LogP contribution in [0.15, 0.2) is 35.2 Å². The first-order valence-electron chi connectivity index (χ1n) is 7.22. The lowest BCUT2D eigenvalue weighted by molar-refractivity contribution is -0.130. The maximum Gasteiger partial charge on any atom is 0.335 e. The summed E-state index contributed by atoms with van der Waals surface area (Å²) in [7, 11) is -3.25. The highest BCUT2D eigenvalue weighted by Crippen LogP contribution is 2.29. The van der Waals surface area contributed by atoms with Gasteiger partial charge in [-0.05, 0) is 36.5 Å². The van der Waals surface area contributed by atoms with Gasteiger partial charge in [-0.3, -0.25) is 0 Å². The molecule has 0 amide bonds. The Morgan fingerprint density at radius 1 is 1.24 bits per heavy atom. The molecule has 1 aliphatic carbocycles. The Morgan fingerprint density at radius 3 is 2.29 bits per heavy atom. The minimum atomic E-state index is -3.25. The Morgan fingerprint density at radius 2 is 1.81 bits per heavy atom. The molecule has 1 N–H and O–H groups in total. The van der Waals surface area contributed by atoms with Crippen LogP contribution in [0.4, 0.5) is 0 Å². The normalized spacial score (nSPS) is 17.1. The molecule has 0 radical (unpaired) electrons. The van der Waals surface area contributed by atoms with Crippen LogP contribution in [0.2, 0.25) is 0 Å². The molecule has 4 nitrogen and oxygen atoms in total. The van der Waals surface area contributed by atoms with Crippen LogP contribution < -0.4 is 0 Å². The van der Waals surface area contributed by atoms with E-state index in [2.05, 4.69) is 0 Å². The number of carbonyl (C=O) groups is 1. The van der Waals surface area contributed by atoms with Gasteiger partial charge in [0.05, 0.1) is 16.2 Å². The second kappa shape index (κ2) is 6.43. The van der Waals surface area contributed by atoms with E-state index < -0.39 is 15.8 Å². The number of carboxylic acids is 1. The second-order valence-electron chi connectivity index (χ2n) is 5.36. The predicted octanol–water partition coefficient (Wildman–Crippen LogP) is 3.14. The molecule has 1 aromatic carbocycles. The van der Waals surface area contributed by atoms with Crippen LogP contribution in [0, 0.1) is 5.92 Å². The zero-order valence-corrected chi connectivity index (χ0v) is 12.9. The fraction of sp³-hybridized carbons (Fsp3) is 0.438. The standard InChI is InChI=1S/C16H20O4S/c1-2-21(19,20)14-9-7-13(8-10-14)15(16(17)18)11-12-5-3-4-6-12/h7-12H,2-6H2,1H3,(H,17,18)/b15-11+. The highest BCUT2D eigenvalue weighted by molar-refractivity contribution is 7.91. The van der Waals surface area contributed by atoms with Gasteiger partial charge in [0.1, 0.15) is 0 Å². The number of hydrogen-bond acceptors (Lipinski definition) is 3. The third kappa shape index (κ3) is 3.73. The van der Waals surface area contributed by atoms with Gasteiger partial charge >= 0.3 is 5.97 Å². The van der Waals surface area contributed by atoms with Crippen LogP contribution in [0.1, 0.15) is 38.2 Å². The van der Waals surface area contributed by atoms with Crippen molar-refractivity contribution in [3.8, 4) is 0 Å². The number of benzene rings is 1. The Hall–Kier alpha value is -1.62. The topological polar surface area (TPSA) is 71.4 Å². The van der Waals surface area contributed by atoms with Crippen molar-refractivity contribution >= 4 is 21.4 Å². The smallest absolute Gasteiger partial charge is 0.335 e. The van der Waals surface area contributed by atoms with Crippen LogP contribution in [0.25, 0.3) is 5.57 Å². The Kier molecular flexibility index (Phi) is 4.83. The second-order valence-corrected chi connectivity index (χ2v) is 7.64. The summed E-state index contributed by atoms with van der Waals surface area (Å²) < 4.78 is 23.5. The lowest BCUT2D eigenvalue weighted by atomic mass is 9.99. The Labute approximate surface area is 125 Å². The van der Waals surface area contributed by atoms with Crippen LogP contribution in [-0.4, -0.2) is 25.2 Å². The molecule has 114 valence electrons. The summed E-state index contributed by atoms with van der Waals surface area (Å²) >= 11 is 0. The van der Waals surface area contributed by atoms with E-state index >= 15 is 0 Å². The summed E-state index contributed by atoms with van der Waals surface area (Å²) in [5, 5.41) is 9.38. The minimum Gasteiger partial charge on any atom is -0.478 e. The minimum absolute atomic E-state index is 0.0377. The SMILES string of the molecule is CCS(=O)(=O)c1ccc(/C(=C\C2CCCC2)C(=O)O)cc1. The van der Waals surface area contributed by atoms with Crippen LogP contribution in [0.5, 0.6) is 0 Å². The summed E-state index contributed by atoms with van der Waals surface area (Å²) in [5.41, 5.74) is 0.826. The van der Waals surface area contributed by atoms with Gasteiger partial charge in [0.25, 0.3) is 0 Å². The van der Waals surface area contributed by atoms with Gasteiger partial charge in [-0.15, -0.1) is 0 Å². The van der Waals surface area contributed by atoms with Crippen molar-refractivity contribution in [3.63, 3.8) is 0 Å². The fourth-order valence-electron chi connectivity index (χ4n) is 2.66. The van der Waals surface area contributed by atoms with Crippen LogP contribution in [0.3, 0.4) is 0 Å². The average molecular weight is 308 g/mol. The van der Waals surface area contributed by atoms with Crippen molar-refractivity contribution in [1.82, 2.24) is 0 Å². The highest BCUT2D eigenvalue weighted by atomic mass is 32.2. The molecule has 21 heavy (non-hydrogen) atoms. The molecule has 1 aromatic rings. The summed E-state index contributed by atoms with van der Waals surface area (Å²) in [5.74, 6) is -0.612. The van der Waals surface area contributed by atoms with E-state index in [1.54, 1.807) is 19.1 Å². The third-order valence-corrected chi connectivity index (χ3v) is 5.69. The van der Waals surface area contributed by atoms with Gasteiger partial charge in [-0.2, -0.15) is 0 Å². The number of rotatable bonds is 5. The maximum absolute atomic E-state index is 11.8. The van der Waals surface area contributed by atoms with Gasteiger partial charge < -0.3 is 5.11 Å². The molecule has 1 fully saturated rings. The van der Waals surface area contributed by atoms with Crippen LogP contribution >= 0.6 is 0 Å². The largest absolute Gasteiger partial charge is 0.478 e. The van der Waals surface area contributed by atoms with Crippen molar-refractivity contribution in [2.75, 3.05) is 5.75 Å². The molecule has 2 rings (SSSR count). The highest BCUT2D eigenvalue weighted by Gasteiger charge is 2.18. The van der Waals surface area contributed by atoms with Crippen molar-refractivity contribution in [2.24, 2.45) is 5.92 Å². The first-order chi connectivity index (χ1) is 9.94. The van der Waals surface area contributed by atoms with Gasteiger partial charge in [-0.25, -0.2) is 13.2 Å². The lowest BCUT2D eigenvalue weighted by Crippen LogP contribution is -2.05. The molecule has 0 bridgehead atoms. The fourth-order valence-corrected chi connectivity index (χ4v) is 3.54. The molecule has 1 saturated carbocycles. The maximum atomic E-state index is 11.8. The summed E-state index contributed by atoms with van der Waals surface area (Å²) in [6.07, 6.45) is 6.15. The summed E-state index contributed by atoms with van der Waals surface area (Å²) in [4.78, 5) is 11.7. The Bertz CT molecular complexity index is 635. The third-order valence-electron chi connectivity index (χ3n) is 3.94. The molecule has 0 heterocycles. The lowest BCUT2D eigenvalue weighted by Gasteiger charge is -2.08. The van der Waals surface area contributed by atoms with E-state index in [0.29, 0.717) is 11.5 Å². The summed E-state index contributed by atoms with van der Waals surface area (Å²) in [6, 6.07) is 6.13. The predicted molar refractivity (Wildman–Crippen MR) is 81.7 cm³/mol. The van der Waals surface area contributed by atoms with E-state index in [-0.39, 0.29) is 16.2 Å². The first kappa shape index (κ1) is 15.8. The molecular weight excluding hydrogens is 288 g/mol. The van der Waals surface area contributed by atoms with Gasteiger partial charge in [0, 0.05) is 0 Å². The van der Waals surface area contributed by atoms with Gasteiger partial charge in [-0.1, -0.05) is 38.0 Å². The van der Waals surface area contributed by atoms with E-state index in [4.69, 9.17) is 0 Å². The number of aliphatic carboxylic acids is 1. The van der Waals surface area contributed by atoms with Gasteiger partial charge in [0.2, 0.25) is 0 Å². The van der Waals surface area contributed by atoms with Crippen LogP contribution in [-0.2, 0) is 14.6 Å². The quantitative estimate of drug-likeness (QED) is 0.848. The number of carboxylic acid groups (broad SMARTS) is 1. The molecule has 0 unspecified atom stereocenters. The molecule has 0 spiro atoms. The monoisotopic (exact) mass is 308 g/mol. The van der Waals surface area contributed by atoms with Gasteiger partial charge in [0.15, 0.2) is 9.84 Å². The molecular formula is C16H20O4S. The average Bonchev–Trinajstić information content (AvgIpc) is 2.97. The number of allylic oxidation sites excluding steroid dienone is 1. The molecule has 0 aromatic heterocycles. The molecule has 0 saturated heterocycles.